The molecule has 0 aliphatic heterocycles. The van der Waals surface area contributed by atoms with E-state index in [0.29, 0.717) is 23.9 Å². The number of thioether (sulfide) groups is 1. The second-order valence-corrected chi connectivity index (χ2v) is 7.36. The number of nitrogens with two attached hydrogens (primary N) is 1. The minimum atomic E-state index is -4.45. The first-order chi connectivity index (χ1) is 15.1. The second-order valence-electron chi connectivity index (χ2n) is 6.30. The quantitative estimate of drug-likeness (QED) is 0.0824. The van der Waals surface area contributed by atoms with E-state index in [4.69, 9.17) is 15.9 Å². The van der Waals surface area contributed by atoms with Crippen LogP contribution in [0.3, 0.4) is 0 Å². The Morgan fingerprint density at radius 3 is 2.66 bits per heavy atom. The summed E-state index contributed by atoms with van der Waals surface area (Å²) in [5.41, 5.74) is 5.41. The van der Waals surface area contributed by atoms with E-state index in [1.54, 1.807) is 0 Å². The third-order valence-corrected chi connectivity index (χ3v) is 4.62. The summed E-state index contributed by atoms with van der Waals surface area (Å²) < 4.78 is 36.5. The molecule has 0 atom stereocenters. The molecular formula is C18H25F3N6O4S. The standard InChI is InChI=1S/C18H25F3N6O4S/c19-18(20,21)12-24-16(22)25-13-6-7-23-17(26-13)32-11-3-1-2-8-27(9-10-28)14(29)4-5-15(30)31/h4-7,28H,1-3,8-12H2,(H,30,31)(H3,22,23,24,25,26)/b5-4-. The van der Waals surface area contributed by atoms with Gasteiger partial charge in [-0.05, 0) is 18.9 Å². The highest BCUT2D eigenvalue weighted by molar-refractivity contribution is 7.99. The number of hydrogen-bond donors (Lipinski definition) is 4. The minimum Gasteiger partial charge on any atom is -0.478 e. The van der Waals surface area contributed by atoms with Gasteiger partial charge in [-0.3, -0.25) is 4.79 Å². The highest BCUT2D eigenvalue weighted by Crippen LogP contribution is 2.17. The molecule has 0 saturated carbocycles. The molecule has 178 valence electrons. The average molecular weight is 478 g/mol. The molecular weight excluding hydrogens is 453 g/mol. The molecule has 0 saturated heterocycles. The summed E-state index contributed by atoms with van der Waals surface area (Å²) in [6.45, 7) is -1.13. The maximum absolute atomic E-state index is 12.2. The highest BCUT2D eigenvalue weighted by Gasteiger charge is 2.26. The molecule has 5 N–H and O–H groups in total. The van der Waals surface area contributed by atoms with E-state index in [1.165, 1.54) is 28.9 Å². The van der Waals surface area contributed by atoms with Crippen LogP contribution < -0.4 is 11.1 Å². The molecule has 0 aliphatic rings. The predicted molar refractivity (Wildman–Crippen MR) is 113 cm³/mol. The number of aliphatic hydroxyl groups is 1. The molecule has 32 heavy (non-hydrogen) atoms. The van der Waals surface area contributed by atoms with Crippen molar-refractivity contribution in [2.45, 2.75) is 30.6 Å². The summed E-state index contributed by atoms with van der Waals surface area (Å²) in [5, 5.41) is 20.5. The third kappa shape index (κ3) is 12.7. The van der Waals surface area contributed by atoms with Crippen LogP contribution in [0.5, 0.6) is 0 Å². The van der Waals surface area contributed by atoms with E-state index in [9.17, 15) is 22.8 Å². The fourth-order valence-electron chi connectivity index (χ4n) is 2.27. The molecule has 0 aromatic carbocycles. The fraction of sp³-hybridized carbons (Fsp3) is 0.500. The van der Waals surface area contributed by atoms with E-state index in [1.807, 2.05) is 0 Å². The van der Waals surface area contributed by atoms with Gasteiger partial charge < -0.3 is 26.2 Å². The Balaban J connectivity index is 2.39. The van der Waals surface area contributed by atoms with Crippen LogP contribution in [-0.4, -0.2) is 81.1 Å². The van der Waals surface area contributed by atoms with Crippen LogP contribution in [0.15, 0.2) is 34.6 Å². The summed E-state index contributed by atoms with van der Waals surface area (Å²) in [4.78, 5) is 35.2. The van der Waals surface area contributed by atoms with E-state index in [-0.39, 0.29) is 19.0 Å². The molecule has 0 unspecified atom stereocenters. The van der Waals surface area contributed by atoms with E-state index < -0.39 is 30.6 Å². The molecule has 1 amide bonds. The van der Waals surface area contributed by atoms with Gasteiger partial charge in [-0.25, -0.2) is 19.8 Å². The van der Waals surface area contributed by atoms with Crippen LogP contribution in [0, 0.1) is 0 Å². The normalized spacial score (nSPS) is 12.2. The zero-order valence-electron chi connectivity index (χ0n) is 17.1. The van der Waals surface area contributed by atoms with Crippen molar-refractivity contribution in [3.8, 4) is 0 Å². The Labute approximate surface area is 186 Å². The number of hydrogen-bond acceptors (Lipinski definition) is 7. The first-order valence-corrected chi connectivity index (χ1v) is 10.5. The lowest BCUT2D eigenvalue weighted by atomic mass is 10.2. The van der Waals surface area contributed by atoms with Crippen molar-refractivity contribution in [3.63, 3.8) is 0 Å². The molecule has 1 aromatic rings. The number of alkyl halides is 3. The molecule has 0 fully saturated rings. The number of carboxylic acid groups (broad SMARTS) is 1. The number of rotatable bonds is 13. The number of aromatic nitrogens is 2. The summed E-state index contributed by atoms with van der Waals surface area (Å²) in [6.07, 6.45) is 0.887. The average Bonchev–Trinajstić information content (AvgIpc) is 2.72. The van der Waals surface area contributed by atoms with Crippen molar-refractivity contribution >= 4 is 35.4 Å². The number of nitrogens with zero attached hydrogens (tertiary/aromatic N) is 4. The molecule has 0 bridgehead atoms. The van der Waals surface area contributed by atoms with E-state index in [0.717, 1.165) is 25.0 Å². The van der Waals surface area contributed by atoms with Crippen molar-refractivity contribution in [3.05, 3.63) is 24.4 Å². The monoisotopic (exact) mass is 478 g/mol. The molecule has 0 spiro atoms. The summed E-state index contributed by atoms with van der Waals surface area (Å²) in [7, 11) is 0. The van der Waals surface area contributed by atoms with Gasteiger partial charge in [0.2, 0.25) is 5.91 Å². The zero-order valence-corrected chi connectivity index (χ0v) is 17.9. The maximum atomic E-state index is 12.2. The van der Waals surface area contributed by atoms with Crippen molar-refractivity contribution in [1.29, 1.82) is 0 Å². The number of aliphatic imine (C=N–C) groups is 1. The molecule has 0 radical (unpaired) electrons. The Morgan fingerprint density at radius 1 is 1.25 bits per heavy atom. The lowest BCUT2D eigenvalue weighted by molar-refractivity contribution is -0.132. The van der Waals surface area contributed by atoms with Gasteiger partial charge in [0.1, 0.15) is 12.4 Å². The van der Waals surface area contributed by atoms with Gasteiger partial charge in [0.25, 0.3) is 0 Å². The number of anilines is 1. The molecule has 1 heterocycles. The number of halogens is 3. The lowest BCUT2D eigenvalue weighted by Gasteiger charge is -2.19. The maximum Gasteiger partial charge on any atom is 0.408 e. The predicted octanol–water partition coefficient (Wildman–Crippen LogP) is 1.49. The lowest BCUT2D eigenvalue weighted by Crippen LogP contribution is -2.33. The number of unbranched alkanes of at least 4 members (excludes halogenated alkanes) is 2. The van der Waals surface area contributed by atoms with Crippen LogP contribution in [0.2, 0.25) is 0 Å². The number of amides is 1. The SMILES string of the molecule is NC(=NCC(F)(F)F)Nc1ccnc(SCCCCCN(CCO)C(=O)/C=C\C(=O)O)n1. The third-order valence-electron chi connectivity index (χ3n) is 3.67. The second kappa shape index (κ2) is 14.2. The molecule has 1 aromatic heterocycles. The number of carboxylic acids is 1. The Bertz CT molecular complexity index is 807. The first kappa shape index (κ1) is 27.2. The van der Waals surface area contributed by atoms with Gasteiger partial charge in [0, 0.05) is 37.2 Å². The van der Waals surface area contributed by atoms with Crippen molar-refractivity contribution in [1.82, 2.24) is 14.9 Å². The van der Waals surface area contributed by atoms with Crippen LogP contribution in [0.4, 0.5) is 19.0 Å². The molecule has 14 heteroatoms. The largest absolute Gasteiger partial charge is 0.478 e. The van der Waals surface area contributed by atoms with E-state index in [2.05, 4.69) is 20.3 Å². The number of carbonyl (C=O) groups excluding carboxylic acids is 1. The van der Waals surface area contributed by atoms with Gasteiger partial charge >= 0.3 is 12.1 Å². The van der Waals surface area contributed by atoms with Crippen molar-refractivity contribution in [2.24, 2.45) is 10.7 Å². The number of carbonyl (C=O) groups is 2. The minimum absolute atomic E-state index is 0.112. The Morgan fingerprint density at radius 2 is 2.00 bits per heavy atom. The van der Waals surface area contributed by atoms with Gasteiger partial charge in [0.05, 0.1) is 6.61 Å². The number of aliphatic carboxylic acids is 1. The van der Waals surface area contributed by atoms with Gasteiger partial charge in [-0.15, -0.1) is 0 Å². The van der Waals surface area contributed by atoms with Gasteiger partial charge in [-0.2, -0.15) is 13.2 Å². The topological polar surface area (TPSA) is 154 Å². The molecule has 1 rings (SSSR count). The number of aliphatic hydroxyl groups excluding tert-OH is 1. The number of nitrogens with one attached hydrogen (secondary N) is 1. The van der Waals surface area contributed by atoms with Crippen LogP contribution in [0.1, 0.15) is 19.3 Å². The van der Waals surface area contributed by atoms with Crippen LogP contribution in [-0.2, 0) is 9.59 Å². The van der Waals surface area contributed by atoms with Gasteiger partial charge in [-0.1, -0.05) is 18.2 Å². The smallest absolute Gasteiger partial charge is 0.408 e. The van der Waals surface area contributed by atoms with Crippen molar-refractivity contribution < 1.29 is 33.0 Å². The van der Waals surface area contributed by atoms with Crippen LogP contribution in [0.25, 0.3) is 0 Å². The molecule has 0 aliphatic carbocycles. The van der Waals surface area contributed by atoms with Gasteiger partial charge in [0.15, 0.2) is 11.1 Å². The van der Waals surface area contributed by atoms with Crippen LogP contribution >= 0.6 is 11.8 Å². The van der Waals surface area contributed by atoms with E-state index >= 15 is 0 Å². The number of guanidine groups is 1. The fourth-order valence-corrected chi connectivity index (χ4v) is 3.10. The summed E-state index contributed by atoms with van der Waals surface area (Å²) in [6, 6.07) is 1.45. The first-order valence-electron chi connectivity index (χ1n) is 9.51. The zero-order chi connectivity index (χ0) is 24.0. The van der Waals surface area contributed by atoms with Crippen molar-refractivity contribution in [2.75, 3.05) is 37.3 Å². The Hall–Kier alpha value is -2.87. The summed E-state index contributed by atoms with van der Waals surface area (Å²) >= 11 is 1.35. The molecule has 10 nitrogen and oxygen atoms in total. The Kier molecular flexibility index (Phi) is 12.1. The highest BCUT2D eigenvalue weighted by atomic mass is 32.2. The summed E-state index contributed by atoms with van der Waals surface area (Å²) in [5.74, 6) is -1.23.